The molecular formula is C18H15F3O2. The minimum absolute atomic E-state index is 0.252. The van der Waals surface area contributed by atoms with Crippen molar-refractivity contribution in [3.63, 3.8) is 0 Å². The van der Waals surface area contributed by atoms with Crippen LogP contribution in [-0.4, -0.2) is 19.1 Å². The van der Waals surface area contributed by atoms with Crippen molar-refractivity contribution in [2.75, 3.05) is 7.11 Å². The Morgan fingerprint density at radius 2 is 1.70 bits per heavy atom. The summed E-state index contributed by atoms with van der Waals surface area (Å²) in [4.78, 5) is 12.6. The highest BCUT2D eigenvalue weighted by Crippen LogP contribution is 2.48. The predicted octanol–water partition coefficient (Wildman–Crippen LogP) is 4.50. The molecule has 0 spiro atoms. The number of carbonyl (C=O) groups is 1. The Labute approximate surface area is 131 Å². The van der Waals surface area contributed by atoms with Crippen molar-refractivity contribution in [1.82, 2.24) is 0 Å². The third-order valence-electron chi connectivity index (χ3n) is 4.39. The van der Waals surface area contributed by atoms with E-state index in [9.17, 15) is 18.0 Å². The lowest BCUT2D eigenvalue weighted by molar-refractivity contribution is -0.144. The lowest BCUT2D eigenvalue weighted by Gasteiger charge is -2.38. The van der Waals surface area contributed by atoms with Crippen molar-refractivity contribution in [2.45, 2.75) is 24.9 Å². The topological polar surface area (TPSA) is 26.3 Å². The molecule has 0 aromatic heterocycles. The van der Waals surface area contributed by atoms with E-state index in [0.29, 0.717) is 28.0 Å². The van der Waals surface area contributed by atoms with Gasteiger partial charge in [-0.15, -0.1) is 0 Å². The van der Waals surface area contributed by atoms with Gasteiger partial charge in [-0.3, -0.25) is 4.79 Å². The molecule has 23 heavy (non-hydrogen) atoms. The monoisotopic (exact) mass is 320 g/mol. The smallest absolute Gasteiger partial charge is 0.390 e. The third-order valence-corrected chi connectivity index (χ3v) is 4.39. The molecule has 1 atom stereocenters. The fraction of sp³-hybridized carbons (Fsp3) is 0.278. The predicted molar refractivity (Wildman–Crippen MR) is 80.0 cm³/mol. The third kappa shape index (κ3) is 2.50. The van der Waals surface area contributed by atoms with Gasteiger partial charge in [-0.1, -0.05) is 31.2 Å². The zero-order valence-electron chi connectivity index (χ0n) is 12.7. The van der Waals surface area contributed by atoms with Crippen molar-refractivity contribution in [3.05, 3.63) is 64.7 Å². The highest BCUT2D eigenvalue weighted by atomic mass is 19.4. The van der Waals surface area contributed by atoms with Gasteiger partial charge in [0.15, 0.2) is 5.78 Å². The maximum Gasteiger partial charge on any atom is 0.390 e. The van der Waals surface area contributed by atoms with E-state index in [4.69, 9.17) is 4.74 Å². The molecule has 0 heterocycles. The maximum absolute atomic E-state index is 13.2. The van der Waals surface area contributed by atoms with Crippen molar-refractivity contribution < 1.29 is 22.7 Å². The molecule has 5 heteroatoms. The minimum Gasteiger partial charge on any atom is -0.497 e. The second kappa shape index (κ2) is 5.11. The van der Waals surface area contributed by atoms with Crippen LogP contribution in [0, 0.1) is 0 Å². The molecule has 0 saturated heterocycles. The number of benzene rings is 2. The largest absolute Gasteiger partial charge is 0.497 e. The number of carbonyl (C=O) groups excluding carboxylic acids is 1. The number of halogens is 3. The summed E-state index contributed by atoms with van der Waals surface area (Å²) >= 11 is 0. The Kier molecular flexibility index (Phi) is 3.47. The second-order valence-corrected chi connectivity index (χ2v) is 5.91. The number of alkyl halides is 3. The molecule has 0 fully saturated rings. The van der Waals surface area contributed by atoms with Crippen LogP contribution < -0.4 is 4.74 Å². The number of fused-ring (bicyclic) bond motifs is 2. The normalized spacial score (nSPS) is 20.0. The average molecular weight is 320 g/mol. The van der Waals surface area contributed by atoms with Gasteiger partial charge in [-0.2, -0.15) is 13.2 Å². The summed E-state index contributed by atoms with van der Waals surface area (Å²) in [5.74, 6) is 0.183. The molecular weight excluding hydrogens is 305 g/mol. The molecule has 2 aromatic rings. The second-order valence-electron chi connectivity index (χ2n) is 5.91. The van der Waals surface area contributed by atoms with Crippen LogP contribution in [-0.2, 0) is 5.41 Å². The summed E-state index contributed by atoms with van der Waals surface area (Å²) in [6, 6.07) is 11.2. The molecule has 0 radical (unpaired) electrons. The van der Waals surface area contributed by atoms with Gasteiger partial charge in [-0.25, -0.2) is 0 Å². The van der Waals surface area contributed by atoms with Crippen LogP contribution in [0.25, 0.3) is 0 Å². The van der Waals surface area contributed by atoms with Crippen molar-refractivity contribution >= 4 is 5.78 Å². The summed E-state index contributed by atoms with van der Waals surface area (Å²) in [6.07, 6.45) is -5.40. The van der Waals surface area contributed by atoms with E-state index < -0.39 is 18.0 Å². The molecule has 0 aliphatic heterocycles. The van der Waals surface area contributed by atoms with Gasteiger partial charge in [0.1, 0.15) is 5.75 Å². The lowest BCUT2D eigenvalue weighted by atomic mass is 9.65. The number of ether oxygens (including phenoxy) is 1. The molecule has 0 bridgehead atoms. The van der Waals surface area contributed by atoms with E-state index >= 15 is 0 Å². The molecule has 0 N–H and O–H groups in total. The van der Waals surface area contributed by atoms with Crippen LogP contribution in [0.2, 0.25) is 0 Å². The average Bonchev–Trinajstić information content (AvgIpc) is 2.51. The molecule has 1 unspecified atom stereocenters. The molecule has 120 valence electrons. The van der Waals surface area contributed by atoms with Crippen molar-refractivity contribution in [3.8, 4) is 5.75 Å². The summed E-state index contributed by atoms with van der Waals surface area (Å²) in [7, 11) is 1.45. The van der Waals surface area contributed by atoms with Crippen LogP contribution in [0.1, 0.15) is 40.4 Å². The summed E-state index contributed by atoms with van der Waals surface area (Å²) < 4.78 is 44.8. The van der Waals surface area contributed by atoms with Crippen LogP contribution in [0.5, 0.6) is 5.75 Å². The molecule has 0 saturated carbocycles. The fourth-order valence-corrected chi connectivity index (χ4v) is 3.35. The zero-order valence-corrected chi connectivity index (χ0v) is 12.7. The minimum atomic E-state index is -4.36. The Balaban J connectivity index is 2.30. The fourth-order valence-electron chi connectivity index (χ4n) is 3.35. The van der Waals surface area contributed by atoms with Crippen LogP contribution in [0.4, 0.5) is 13.2 Å². The Morgan fingerprint density at radius 1 is 1.04 bits per heavy atom. The number of rotatable bonds is 2. The number of hydrogen-bond acceptors (Lipinski definition) is 2. The number of hydrogen-bond donors (Lipinski definition) is 0. The van der Waals surface area contributed by atoms with Crippen molar-refractivity contribution in [2.24, 2.45) is 0 Å². The zero-order chi connectivity index (χ0) is 16.8. The molecule has 2 nitrogen and oxygen atoms in total. The number of methoxy groups -OCH3 is 1. The first kappa shape index (κ1) is 15.6. The molecule has 3 rings (SSSR count). The Hall–Kier alpha value is -2.30. The van der Waals surface area contributed by atoms with Crippen LogP contribution in [0.15, 0.2) is 42.5 Å². The summed E-state index contributed by atoms with van der Waals surface area (Å²) in [5, 5.41) is 0. The first-order valence-electron chi connectivity index (χ1n) is 7.16. The van der Waals surface area contributed by atoms with Gasteiger partial charge in [0, 0.05) is 16.5 Å². The molecule has 1 aliphatic rings. The van der Waals surface area contributed by atoms with E-state index in [-0.39, 0.29) is 5.78 Å². The van der Waals surface area contributed by atoms with Gasteiger partial charge < -0.3 is 4.74 Å². The molecule has 2 aromatic carbocycles. The molecule has 0 amide bonds. The Bertz CT molecular complexity index is 780. The van der Waals surface area contributed by atoms with Crippen LogP contribution in [0.3, 0.4) is 0 Å². The van der Waals surface area contributed by atoms with Crippen molar-refractivity contribution in [1.29, 1.82) is 0 Å². The lowest BCUT2D eigenvalue weighted by Crippen LogP contribution is -2.37. The first-order chi connectivity index (χ1) is 10.8. The van der Waals surface area contributed by atoms with Gasteiger partial charge in [0.05, 0.1) is 13.5 Å². The van der Waals surface area contributed by atoms with Gasteiger partial charge in [0.2, 0.25) is 0 Å². The first-order valence-corrected chi connectivity index (χ1v) is 7.16. The Morgan fingerprint density at radius 3 is 2.35 bits per heavy atom. The summed E-state index contributed by atoms with van der Waals surface area (Å²) in [6.45, 7) is 1.53. The maximum atomic E-state index is 13.2. The highest BCUT2D eigenvalue weighted by Gasteiger charge is 2.47. The van der Waals surface area contributed by atoms with E-state index in [1.165, 1.54) is 20.1 Å². The van der Waals surface area contributed by atoms with E-state index in [1.54, 1.807) is 36.4 Å². The van der Waals surface area contributed by atoms with E-state index in [2.05, 4.69) is 0 Å². The summed E-state index contributed by atoms with van der Waals surface area (Å²) in [5.41, 5.74) is 0.0706. The van der Waals surface area contributed by atoms with Gasteiger partial charge >= 0.3 is 6.18 Å². The quantitative estimate of drug-likeness (QED) is 0.814. The molecule has 1 aliphatic carbocycles. The van der Waals surface area contributed by atoms with Gasteiger partial charge in [-0.05, 0) is 29.3 Å². The number of ketones is 1. The van der Waals surface area contributed by atoms with Gasteiger partial charge in [0.25, 0.3) is 0 Å². The standard InChI is InChI=1S/C18H15F3O2/c1-17(10-18(19,20)21)14-6-4-3-5-12(14)16(22)13-8-7-11(23-2)9-15(13)17/h3-9H,10H2,1-2H3. The van der Waals surface area contributed by atoms with E-state index in [0.717, 1.165) is 0 Å². The van der Waals surface area contributed by atoms with Crippen LogP contribution >= 0.6 is 0 Å². The SMILES string of the molecule is COc1ccc2c(c1)C(C)(CC(F)(F)F)c1ccccc1C2=O. The highest BCUT2D eigenvalue weighted by molar-refractivity contribution is 6.13. The van der Waals surface area contributed by atoms with E-state index in [1.807, 2.05) is 0 Å².